The van der Waals surface area contributed by atoms with Crippen LogP contribution in [0.15, 0.2) is 48.6 Å². The third-order valence-electron chi connectivity index (χ3n) is 7.55. The van der Waals surface area contributed by atoms with Crippen molar-refractivity contribution in [3.63, 3.8) is 0 Å². The maximum atomic E-state index is 12.6. The molecule has 0 N–H and O–H groups in total. The van der Waals surface area contributed by atoms with Crippen molar-refractivity contribution in [1.29, 1.82) is 0 Å². The van der Waals surface area contributed by atoms with Gasteiger partial charge in [0.15, 0.2) is 0 Å². The lowest BCUT2D eigenvalue weighted by Gasteiger charge is -2.27. The number of benzene rings is 2. The van der Waals surface area contributed by atoms with Crippen LogP contribution in [-0.2, 0) is 25.6 Å². The Kier molecular flexibility index (Phi) is 7.78. The van der Waals surface area contributed by atoms with Crippen molar-refractivity contribution >= 4 is 35.0 Å². The summed E-state index contributed by atoms with van der Waals surface area (Å²) in [5, 5.41) is 0. The standard InChI is InChI=1S/C33H38N2O4/c1-18(2)24-16-28(34-30(36)9-10-31(34)37)26(20(5)6)14-22(24)13-23-15-27(21(7)8)29(17-25(23)19(3)4)35-32(38)11-12-33(35)39/h9-12,14-21H,13H2,1-8H3. The third-order valence-corrected chi connectivity index (χ3v) is 7.55. The Labute approximate surface area is 231 Å². The van der Waals surface area contributed by atoms with E-state index >= 15 is 0 Å². The van der Waals surface area contributed by atoms with Gasteiger partial charge < -0.3 is 0 Å². The van der Waals surface area contributed by atoms with Crippen LogP contribution in [-0.4, -0.2) is 23.6 Å². The number of amides is 4. The molecule has 4 amide bonds. The second-order valence-corrected chi connectivity index (χ2v) is 11.7. The Balaban J connectivity index is 1.89. The molecule has 39 heavy (non-hydrogen) atoms. The van der Waals surface area contributed by atoms with Gasteiger partial charge in [0.05, 0.1) is 11.4 Å². The van der Waals surface area contributed by atoms with Crippen LogP contribution in [0, 0.1) is 0 Å². The number of anilines is 2. The fourth-order valence-electron chi connectivity index (χ4n) is 5.51. The van der Waals surface area contributed by atoms with Crippen molar-refractivity contribution in [3.8, 4) is 0 Å². The quantitative estimate of drug-likeness (QED) is 0.362. The Morgan fingerprint density at radius 3 is 1.00 bits per heavy atom. The lowest BCUT2D eigenvalue weighted by atomic mass is 9.83. The molecule has 0 aromatic heterocycles. The van der Waals surface area contributed by atoms with Gasteiger partial charge in [-0.25, -0.2) is 9.80 Å². The van der Waals surface area contributed by atoms with Crippen LogP contribution in [0.25, 0.3) is 0 Å². The minimum absolute atomic E-state index is 0.0963. The number of hydrogen-bond acceptors (Lipinski definition) is 4. The number of rotatable bonds is 8. The van der Waals surface area contributed by atoms with E-state index in [0.29, 0.717) is 17.8 Å². The number of carbonyl (C=O) groups is 4. The van der Waals surface area contributed by atoms with Gasteiger partial charge in [0, 0.05) is 24.3 Å². The molecular weight excluding hydrogens is 488 g/mol. The van der Waals surface area contributed by atoms with E-state index in [0.717, 1.165) is 33.4 Å². The van der Waals surface area contributed by atoms with E-state index in [1.54, 1.807) is 0 Å². The van der Waals surface area contributed by atoms with Gasteiger partial charge in [-0.3, -0.25) is 19.2 Å². The van der Waals surface area contributed by atoms with Crippen LogP contribution in [0.4, 0.5) is 11.4 Å². The van der Waals surface area contributed by atoms with Crippen LogP contribution < -0.4 is 9.80 Å². The van der Waals surface area contributed by atoms with Gasteiger partial charge in [-0.05, 0) is 75.6 Å². The van der Waals surface area contributed by atoms with E-state index in [2.05, 4.69) is 67.5 Å². The molecule has 0 aliphatic carbocycles. The molecule has 204 valence electrons. The predicted octanol–water partition coefficient (Wildman–Crippen LogP) is 6.63. The first-order valence-corrected chi connectivity index (χ1v) is 13.8. The number of imide groups is 2. The molecule has 0 unspecified atom stereocenters. The third kappa shape index (κ3) is 5.25. The molecule has 0 fully saturated rings. The Morgan fingerprint density at radius 1 is 0.462 bits per heavy atom. The molecule has 2 aliphatic rings. The summed E-state index contributed by atoms with van der Waals surface area (Å²) in [7, 11) is 0. The van der Waals surface area contributed by atoms with Crippen LogP contribution in [0.2, 0.25) is 0 Å². The highest BCUT2D eigenvalue weighted by molar-refractivity contribution is 6.29. The lowest BCUT2D eigenvalue weighted by Crippen LogP contribution is -2.31. The molecule has 6 nitrogen and oxygen atoms in total. The summed E-state index contributed by atoms with van der Waals surface area (Å²) in [6.07, 6.45) is 5.95. The lowest BCUT2D eigenvalue weighted by molar-refractivity contribution is -0.121. The van der Waals surface area contributed by atoms with Crippen molar-refractivity contribution in [2.45, 2.75) is 85.5 Å². The van der Waals surface area contributed by atoms with Crippen molar-refractivity contribution in [3.05, 3.63) is 82.0 Å². The average molecular weight is 527 g/mol. The van der Waals surface area contributed by atoms with Gasteiger partial charge in [-0.1, -0.05) is 67.5 Å². The van der Waals surface area contributed by atoms with Crippen LogP contribution in [0.5, 0.6) is 0 Å². The fourth-order valence-corrected chi connectivity index (χ4v) is 5.51. The zero-order chi connectivity index (χ0) is 28.8. The van der Waals surface area contributed by atoms with E-state index < -0.39 is 0 Å². The van der Waals surface area contributed by atoms with Gasteiger partial charge in [-0.2, -0.15) is 0 Å². The SMILES string of the molecule is CC(C)c1cc(N2C(=O)C=CC2=O)c(C(C)C)cc1Cc1cc(C(C)C)c(N2C(=O)C=CC2=O)cc1C(C)C. The first kappa shape index (κ1) is 28.2. The van der Waals surface area contributed by atoms with Crippen molar-refractivity contribution in [2.24, 2.45) is 0 Å². The van der Waals surface area contributed by atoms with Crippen LogP contribution >= 0.6 is 0 Å². The molecule has 4 rings (SSSR count). The van der Waals surface area contributed by atoms with E-state index in [1.165, 1.54) is 34.1 Å². The Morgan fingerprint density at radius 2 is 0.744 bits per heavy atom. The van der Waals surface area contributed by atoms with Crippen LogP contribution in [0.3, 0.4) is 0 Å². The van der Waals surface area contributed by atoms with Gasteiger partial charge >= 0.3 is 0 Å². The second-order valence-electron chi connectivity index (χ2n) is 11.7. The highest BCUT2D eigenvalue weighted by Crippen LogP contribution is 2.39. The number of carbonyl (C=O) groups excluding carboxylic acids is 4. The zero-order valence-electron chi connectivity index (χ0n) is 24.2. The highest BCUT2D eigenvalue weighted by Gasteiger charge is 2.31. The van der Waals surface area contributed by atoms with Crippen molar-refractivity contribution in [1.82, 2.24) is 0 Å². The van der Waals surface area contributed by atoms with E-state index in [-0.39, 0.29) is 47.3 Å². The predicted molar refractivity (Wildman–Crippen MR) is 155 cm³/mol. The van der Waals surface area contributed by atoms with Crippen molar-refractivity contribution < 1.29 is 19.2 Å². The topological polar surface area (TPSA) is 74.8 Å². The molecule has 2 heterocycles. The maximum Gasteiger partial charge on any atom is 0.258 e. The zero-order valence-corrected chi connectivity index (χ0v) is 24.2. The summed E-state index contributed by atoms with van der Waals surface area (Å²) < 4.78 is 0. The van der Waals surface area contributed by atoms with E-state index in [9.17, 15) is 19.2 Å². The molecule has 0 saturated carbocycles. The molecule has 0 bridgehead atoms. The molecule has 0 spiro atoms. The van der Waals surface area contributed by atoms with Gasteiger partial charge in [-0.15, -0.1) is 0 Å². The molecule has 2 aliphatic heterocycles. The van der Waals surface area contributed by atoms with Crippen LogP contribution in [0.1, 0.15) is 112 Å². The smallest absolute Gasteiger partial charge is 0.258 e. The average Bonchev–Trinajstić information content (AvgIpc) is 3.37. The Hall–Kier alpha value is -3.80. The molecule has 2 aromatic carbocycles. The molecule has 6 heteroatoms. The number of hydrogen-bond donors (Lipinski definition) is 0. The van der Waals surface area contributed by atoms with Gasteiger partial charge in [0.25, 0.3) is 23.6 Å². The maximum absolute atomic E-state index is 12.6. The molecule has 2 aromatic rings. The molecule has 0 radical (unpaired) electrons. The number of nitrogens with zero attached hydrogens (tertiary/aromatic N) is 2. The second kappa shape index (κ2) is 10.8. The van der Waals surface area contributed by atoms with E-state index in [1.807, 2.05) is 12.1 Å². The molecule has 0 saturated heterocycles. The highest BCUT2D eigenvalue weighted by atomic mass is 16.2. The molecular formula is C33H38N2O4. The van der Waals surface area contributed by atoms with Gasteiger partial charge in [0.1, 0.15) is 0 Å². The Bertz CT molecular complexity index is 1280. The summed E-state index contributed by atoms with van der Waals surface area (Å²) in [5.41, 5.74) is 7.66. The summed E-state index contributed by atoms with van der Waals surface area (Å²) in [5.74, 6) is -0.740. The minimum Gasteiger partial charge on any atom is -0.269 e. The van der Waals surface area contributed by atoms with Gasteiger partial charge in [0.2, 0.25) is 0 Å². The summed E-state index contributed by atoms with van der Waals surface area (Å²) in [6.45, 7) is 16.7. The monoisotopic (exact) mass is 526 g/mol. The largest absolute Gasteiger partial charge is 0.269 e. The summed E-state index contributed by atoms with van der Waals surface area (Å²) >= 11 is 0. The normalized spacial score (nSPS) is 15.6. The molecule has 0 atom stereocenters. The van der Waals surface area contributed by atoms with E-state index in [4.69, 9.17) is 0 Å². The summed E-state index contributed by atoms with van der Waals surface area (Å²) in [4.78, 5) is 52.9. The minimum atomic E-state index is -0.316. The fraction of sp³-hybridized carbons (Fsp3) is 0.394. The first-order chi connectivity index (χ1) is 18.3. The first-order valence-electron chi connectivity index (χ1n) is 13.8. The summed E-state index contributed by atoms with van der Waals surface area (Å²) in [6, 6.07) is 8.33. The van der Waals surface area contributed by atoms with Crippen molar-refractivity contribution in [2.75, 3.05) is 9.80 Å².